The molecule has 1 N–H and O–H groups in total. The number of fused-ring (bicyclic) bond motifs is 1. The molecule has 0 radical (unpaired) electrons. The van der Waals surface area contributed by atoms with Gasteiger partial charge in [-0.1, -0.05) is 12.2 Å². The summed E-state index contributed by atoms with van der Waals surface area (Å²) in [6.07, 6.45) is 8.10. The molecule has 0 saturated carbocycles. The largest absolute Gasteiger partial charge is 0.455 e. The predicted molar refractivity (Wildman–Crippen MR) is 91.7 cm³/mol. The Labute approximate surface area is 143 Å². The fraction of sp³-hybridized carbons (Fsp3) is 0.667. The predicted octanol–water partition coefficient (Wildman–Crippen LogP) is 0.351. The van der Waals surface area contributed by atoms with Crippen LogP contribution in [0.3, 0.4) is 0 Å². The van der Waals surface area contributed by atoms with E-state index in [1.165, 1.54) is 12.8 Å². The van der Waals surface area contributed by atoms with E-state index in [4.69, 9.17) is 4.74 Å². The number of likely N-dealkylation sites (tertiary alicyclic amines) is 1. The molecule has 0 spiro atoms. The van der Waals surface area contributed by atoms with Gasteiger partial charge in [0.2, 0.25) is 0 Å². The average Bonchev–Trinajstić information content (AvgIpc) is 2.59. The number of morpholine rings is 1. The first kappa shape index (κ1) is 17.3. The molecule has 0 bridgehead atoms. The molecule has 2 fully saturated rings. The summed E-state index contributed by atoms with van der Waals surface area (Å²) in [4.78, 5) is 28.4. The third kappa shape index (κ3) is 4.12. The normalized spacial score (nSPS) is 28.5. The van der Waals surface area contributed by atoms with E-state index in [0.717, 1.165) is 25.2 Å². The maximum atomic E-state index is 12.5. The molecule has 6 nitrogen and oxygen atoms in total. The number of piperidine rings is 1. The Morgan fingerprint density at radius 3 is 2.83 bits per heavy atom. The van der Waals surface area contributed by atoms with Crippen molar-refractivity contribution >= 4 is 11.8 Å². The van der Waals surface area contributed by atoms with Crippen molar-refractivity contribution in [2.24, 2.45) is 0 Å². The first-order valence-electron chi connectivity index (χ1n) is 8.78. The molecule has 6 heteroatoms. The van der Waals surface area contributed by atoms with Crippen LogP contribution in [-0.2, 0) is 14.3 Å². The molecule has 2 saturated heterocycles. The van der Waals surface area contributed by atoms with E-state index < -0.39 is 0 Å². The van der Waals surface area contributed by atoms with Gasteiger partial charge in [-0.05, 0) is 46.1 Å². The molecule has 2 atom stereocenters. The Balaban J connectivity index is 1.46. The molecule has 0 aromatic carbocycles. The van der Waals surface area contributed by atoms with Crippen molar-refractivity contribution in [3.05, 3.63) is 23.8 Å². The van der Waals surface area contributed by atoms with E-state index in [9.17, 15) is 9.59 Å². The maximum absolute atomic E-state index is 12.5. The number of ether oxygens (including phenoxy) is 1. The van der Waals surface area contributed by atoms with Gasteiger partial charge in [0.1, 0.15) is 6.10 Å². The fourth-order valence-electron chi connectivity index (χ4n) is 3.59. The molecule has 24 heavy (non-hydrogen) atoms. The second-order valence-electron chi connectivity index (χ2n) is 7.05. The van der Waals surface area contributed by atoms with Crippen LogP contribution < -0.4 is 5.32 Å². The Hall–Kier alpha value is -1.50. The lowest BCUT2D eigenvalue weighted by Crippen LogP contribution is -2.50. The summed E-state index contributed by atoms with van der Waals surface area (Å²) in [6.45, 7) is 3.15. The number of hydrogen-bond donors (Lipinski definition) is 1. The summed E-state index contributed by atoms with van der Waals surface area (Å²) in [5.41, 5.74) is 0.727. The lowest BCUT2D eigenvalue weighted by molar-refractivity contribution is -0.150. The summed E-state index contributed by atoms with van der Waals surface area (Å²) in [5.74, 6) is -0.0802. The monoisotopic (exact) mass is 333 g/mol. The number of esters is 1. The molecule has 3 rings (SSSR count). The van der Waals surface area contributed by atoms with Gasteiger partial charge in [-0.3, -0.25) is 14.9 Å². The molecule has 1 aliphatic carbocycles. The van der Waals surface area contributed by atoms with E-state index in [0.29, 0.717) is 12.5 Å². The highest BCUT2D eigenvalue weighted by Gasteiger charge is 2.30. The van der Waals surface area contributed by atoms with Crippen molar-refractivity contribution < 1.29 is 14.3 Å². The molecule has 2 heterocycles. The molecule has 132 valence electrons. The maximum Gasteiger partial charge on any atom is 0.320 e. The minimum absolute atomic E-state index is 0.0810. The number of nitrogens with zero attached hydrogens (tertiary/aromatic N) is 2. The molecule has 0 aromatic rings. The minimum Gasteiger partial charge on any atom is -0.455 e. The topological polar surface area (TPSA) is 61.9 Å². The van der Waals surface area contributed by atoms with Crippen LogP contribution in [0.4, 0.5) is 0 Å². The van der Waals surface area contributed by atoms with Gasteiger partial charge in [0.25, 0.3) is 0 Å². The Bertz CT molecular complexity index is 548. The average molecular weight is 333 g/mol. The zero-order chi connectivity index (χ0) is 17.1. The number of carbonyl (C=O) groups is 2. The van der Waals surface area contributed by atoms with Crippen LogP contribution in [0.2, 0.25) is 0 Å². The van der Waals surface area contributed by atoms with E-state index in [-0.39, 0.29) is 30.4 Å². The van der Waals surface area contributed by atoms with Gasteiger partial charge in [0.15, 0.2) is 5.78 Å². The lowest BCUT2D eigenvalue weighted by Gasteiger charge is -2.35. The summed E-state index contributed by atoms with van der Waals surface area (Å²) in [6, 6.07) is 0.584. The molecule has 2 unspecified atom stereocenters. The first-order valence-corrected chi connectivity index (χ1v) is 8.78. The second kappa shape index (κ2) is 7.59. The van der Waals surface area contributed by atoms with Gasteiger partial charge in [-0.2, -0.15) is 0 Å². The molecule has 0 aromatic heterocycles. The highest BCUT2D eigenvalue weighted by atomic mass is 16.5. The van der Waals surface area contributed by atoms with Gasteiger partial charge in [0.05, 0.1) is 12.6 Å². The summed E-state index contributed by atoms with van der Waals surface area (Å²) in [5, 5.41) is 3.11. The zero-order valence-electron chi connectivity index (χ0n) is 14.5. The highest BCUT2D eigenvalue weighted by molar-refractivity contribution is 5.98. The second-order valence-corrected chi connectivity index (χ2v) is 7.05. The standard InChI is InChI=1S/C18H27N3O3/c1-20(2)14-5-8-21(9-6-14)10-7-16(22)13-3-4-17-15(11-13)19-12-18(23)24-17/h3-4,11,14-15,17,19H,5-10,12H2,1-2H3. The van der Waals surface area contributed by atoms with Crippen molar-refractivity contribution in [2.45, 2.75) is 37.5 Å². The van der Waals surface area contributed by atoms with Crippen LogP contribution in [0.5, 0.6) is 0 Å². The Kier molecular flexibility index (Phi) is 5.48. The van der Waals surface area contributed by atoms with Gasteiger partial charge < -0.3 is 14.5 Å². The number of nitrogens with one attached hydrogen (secondary N) is 1. The molecular weight excluding hydrogens is 306 g/mol. The SMILES string of the molecule is CN(C)C1CCN(CCC(=O)C2=CC3NCC(=O)OC3C=C2)CC1. The van der Waals surface area contributed by atoms with Crippen LogP contribution >= 0.6 is 0 Å². The van der Waals surface area contributed by atoms with Crippen LogP contribution in [0.15, 0.2) is 23.8 Å². The number of hydrogen-bond acceptors (Lipinski definition) is 6. The number of rotatable bonds is 5. The van der Waals surface area contributed by atoms with Crippen LogP contribution in [0.1, 0.15) is 19.3 Å². The third-order valence-corrected chi connectivity index (χ3v) is 5.19. The van der Waals surface area contributed by atoms with E-state index in [1.54, 1.807) is 6.08 Å². The smallest absolute Gasteiger partial charge is 0.320 e. The molecule has 0 amide bonds. The number of allylic oxidation sites excluding steroid dienone is 2. The van der Waals surface area contributed by atoms with E-state index in [2.05, 4.69) is 29.2 Å². The van der Waals surface area contributed by atoms with Crippen molar-refractivity contribution in [1.82, 2.24) is 15.1 Å². The van der Waals surface area contributed by atoms with Crippen LogP contribution in [0, 0.1) is 0 Å². The van der Waals surface area contributed by atoms with Crippen LogP contribution in [-0.4, -0.2) is 80.0 Å². The molecular formula is C18H27N3O3. The van der Waals surface area contributed by atoms with Crippen molar-refractivity contribution in [1.29, 1.82) is 0 Å². The summed E-state index contributed by atoms with van der Waals surface area (Å²) >= 11 is 0. The summed E-state index contributed by atoms with van der Waals surface area (Å²) in [7, 11) is 4.27. The Morgan fingerprint density at radius 1 is 1.38 bits per heavy atom. The number of carbonyl (C=O) groups excluding carboxylic acids is 2. The fourth-order valence-corrected chi connectivity index (χ4v) is 3.59. The lowest BCUT2D eigenvalue weighted by atomic mass is 9.95. The minimum atomic E-state index is -0.284. The van der Waals surface area contributed by atoms with Gasteiger partial charge in [-0.25, -0.2) is 0 Å². The quantitative estimate of drug-likeness (QED) is 0.733. The van der Waals surface area contributed by atoms with Crippen molar-refractivity contribution in [3.8, 4) is 0 Å². The zero-order valence-corrected chi connectivity index (χ0v) is 14.5. The Morgan fingerprint density at radius 2 is 2.12 bits per heavy atom. The van der Waals surface area contributed by atoms with Crippen molar-refractivity contribution in [2.75, 3.05) is 40.3 Å². The van der Waals surface area contributed by atoms with E-state index >= 15 is 0 Å². The van der Waals surface area contributed by atoms with Gasteiger partial charge >= 0.3 is 5.97 Å². The van der Waals surface area contributed by atoms with Crippen LogP contribution in [0.25, 0.3) is 0 Å². The van der Waals surface area contributed by atoms with Gasteiger partial charge in [0, 0.05) is 24.6 Å². The van der Waals surface area contributed by atoms with Crippen molar-refractivity contribution in [3.63, 3.8) is 0 Å². The first-order chi connectivity index (χ1) is 11.5. The highest BCUT2D eigenvalue weighted by Crippen LogP contribution is 2.19. The summed E-state index contributed by atoms with van der Waals surface area (Å²) < 4.78 is 5.25. The molecule has 3 aliphatic rings. The number of Topliss-reactive ketones (excluding diaryl/α,β-unsaturated/α-hetero) is 1. The van der Waals surface area contributed by atoms with Gasteiger partial charge in [-0.15, -0.1) is 0 Å². The molecule has 2 aliphatic heterocycles. The number of ketones is 1. The van der Waals surface area contributed by atoms with E-state index in [1.807, 2.05) is 12.2 Å². The third-order valence-electron chi connectivity index (χ3n) is 5.19.